The zero-order valence-electron chi connectivity index (χ0n) is 18.4. The molecule has 0 atom stereocenters. The summed E-state index contributed by atoms with van der Waals surface area (Å²) in [6.07, 6.45) is 2.95. The Labute approximate surface area is 179 Å². The van der Waals surface area contributed by atoms with Gasteiger partial charge >= 0.3 is 5.97 Å². The molecule has 2 aromatic rings. The van der Waals surface area contributed by atoms with Crippen molar-refractivity contribution in [2.24, 2.45) is 0 Å². The molecule has 0 aliphatic carbocycles. The Bertz CT molecular complexity index is 856. The van der Waals surface area contributed by atoms with Gasteiger partial charge in [-0.2, -0.15) is 0 Å². The number of para-hydroxylation sites is 1. The number of ether oxygens (including phenoxy) is 2. The van der Waals surface area contributed by atoms with Gasteiger partial charge in [-0.05, 0) is 53.7 Å². The van der Waals surface area contributed by atoms with Crippen LogP contribution in [0.25, 0.3) is 6.08 Å². The van der Waals surface area contributed by atoms with E-state index in [-0.39, 0.29) is 24.3 Å². The van der Waals surface area contributed by atoms with Crippen LogP contribution in [0.2, 0.25) is 0 Å². The Kier molecular flexibility index (Phi) is 8.66. The van der Waals surface area contributed by atoms with Crippen LogP contribution in [0.15, 0.2) is 48.5 Å². The molecule has 0 aliphatic heterocycles. The van der Waals surface area contributed by atoms with Crippen molar-refractivity contribution in [1.29, 1.82) is 0 Å². The predicted molar refractivity (Wildman–Crippen MR) is 121 cm³/mol. The molecule has 2 rings (SSSR count). The lowest BCUT2D eigenvalue weighted by Gasteiger charge is -2.20. The second-order valence-electron chi connectivity index (χ2n) is 7.61. The van der Waals surface area contributed by atoms with E-state index in [1.807, 2.05) is 49.4 Å². The molecule has 0 saturated heterocycles. The van der Waals surface area contributed by atoms with E-state index in [9.17, 15) is 9.59 Å². The van der Waals surface area contributed by atoms with Gasteiger partial charge in [0.15, 0.2) is 6.61 Å². The number of benzene rings is 2. The maximum atomic E-state index is 12.4. The van der Waals surface area contributed by atoms with E-state index in [0.29, 0.717) is 6.61 Å². The number of anilines is 1. The number of esters is 1. The quantitative estimate of drug-likeness (QED) is 0.437. The Morgan fingerprint density at radius 1 is 0.967 bits per heavy atom. The molecule has 0 unspecified atom stereocenters. The van der Waals surface area contributed by atoms with Gasteiger partial charge in [0.2, 0.25) is 0 Å². The number of nitrogens with one attached hydrogen (secondary N) is 1. The smallest absolute Gasteiger partial charge is 0.331 e. The minimum atomic E-state index is -0.569. The van der Waals surface area contributed by atoms with E-state index < -0.39 is 5.97 Å². The highest BCUT2D eigenvalue weighted by Gasteiger charge is 2.16. The molecule has 0 heterocycles. The number of amides is 1. The van der Waals surface area contributed by atoms with E-state index in [0.717, 1.165) is 28.1 Å². The Hall–Kier alpha value is -3.08. The van der Waals surface area contributed by atoms with Crippen molar-refractivity contribution in [2.45, 2.75) is 46.5 Å². The summed E-state index contributed by atoms with van der Waals surface area (Å²) in [6, 6.07) is 13.4. The van der Waals surface area contributed by atoms with E-state index in [1.165, 1.54) is 6.08 Å². The van der Waals surface area contributed by atoms with Gasteiger partial charge in [0.05, 0.1) is 6.61 Å². The van der Waals surface area contributed by atoms with E-state index in [2.05, 4.69) is 33.0 Å². The van der Waals surface area contributed by atoms with Crippen LogP contribution in [0.5, 0.6) is 5.75 Å². The molecule has 0 saturated carbocycles. The number of hydrogen-bond donors (Lipinski definition) is 1. The minimum absolute atomic E-state index is 0.263. The standard InChI is InChI=1S/C25H31NO4/c1-6-29-20-13-10-19(11-14-20)12-15-24(28)30-16-23(27)26-25-21(17(2)3)8-7-9-22(25)18(4)5/h7-15,17-18H,6,16H2,1-5H3,(H,26,27)/b15-12+. The fourth-order valence-corrected chi connectivity index (χ4v) is 3.06. The van der Waals surface area contributed by atoms with Crippen molar-refractivity contribution in [3.05, 3.63) is 65.2 Å². The van der Waals surface area contributed by atoms with Gasteiger partial charge in [-0.1, -0.05) is 58.0 Å². The Morgan fingerprint density at radius 3 is 2.10 bits per heavy atom. The van der Waals surface area contributed by atoms with Crippen molar-refractivity contribution in [3.8, 4) is 5.75 Å². The van der Waals surface area contributed by atoms with Crippen LogP contribution in [0.4, 0.5) is 5.69 Å². The molecule has 1 N–H and O–H groups in total. The van der Waals surface area contributed by atoms with Crippen LogP contribution < -0.4 is 10.1 Å². The zero-order chi connectivity index (χ0) is 22.1. The van der Waals surface area contributed by atoms with Gasteiger partial charge in [0.25, 0.3) is 5.91 Å². The van der Waals surface area contributed by atoms with Gasteiger partial charge in [-0.25, -0.2) is 4.79 Å². The van der Waals surface area contributed by atoms with Crippen LogP contribution >= 0.6 is 0 Å². The average Bonchev–Trinajstić information content (AvgIpc) is 2.71. The summed E-state index contributed by atoms with van der Waals surface area (Å²) in [5, 5.41) is 2.93. The topological polar surface area (TPSA) is 64.6 Å². The van der Waals surface area contributed by atoms with Gasteiger partial charge < -0.3 is 14.8 Å². The molecule has 0 radical (unpaired) electrons. The number of carbonyl (C=O) groups excluding carboxylic acids is 2. The first-order chi connectivity index (χ1) is 14.3. The third-order valence-electron chi connectivity index (χ3n) is 4.59. The highest BCUT2D eigenvalue weighted by atomic mass is 16.5. The number of rotatable bonds is 9. The van der Waals surface area contributed by atoms with E-state index in [1.54, 1.807) is 6.08 Å². The molecule has 2 aromatic carbocycles. The van der Waals surface area contributed by atoms with Crippen LogP contribution in [0, 0.1) is 0 Å². The maximum Gasteiger partial charge on any atom is 0.331 e. The second-order valence-corrected chi connectivity index (χ2v) is 7.61. The molecule has 0 spiro atoms. The molecule has 0 aliphatic rings. The number of hydrogen-bond acceptors (Lipinski definition) is 4. The van der Waals surface area contributed by atoms with Crippen molar-refractivity contribution in [1.82, 2.24) is 0 Å². The van der Waals surface area contributed by atoms with Crippen molar-refractivity contribution in [2.75, 3.05) is 18.5 Å². The largest absolute Gasteiger partial charge is 0.494 e. The van der Waals surface area contributed by atoms with Crippen molar-refractivity contribution < 1.29 is 19.1 Å². The molecule has 0 bridgehead atoms. The van der Waals surface area contributed by atoms with Gasteiger partial charge in [0, 0.05) is 11.8 Å². The average molecular weight is 410 g/mol. The van der Waals surface area contributed by atoms with Crippen molar-refractivity contribution in [3.63, 3.8) is 0 Å². The summed E-state index contributed by atoms with van der Waals surface area (Å²) in [6.45, 7) is 10.5. The first-order valence-corrected chi connectivity index (χ1v) is 10.3. The molecule has 160 valence electrons. The molecule has 1 amide bonds. The van der Waals surface area contributed by atoms with Gasteiger partial charge in [-0.3, -0.25) is 4.79 Å². The molecule has 0 fully saturated rings. The fraction of sp³-hybridized carbons (Fsp3) is 0.360. The SMILES string of the molecule is CCOc1ccc(/C=C/C(=O)OCC(=O)Nc2c(C(C)C)cccc2C(C)C)cc1. The molecule has 0 aromatic heterocycles. The first-order valence-electron chi connectivity index (χ1n) is 10.3. The summed E-state index contributed by atoms with van der Waals surface area (Å²) in [5.41, 5.74) is 3.79. The first kappa shape index (κ1) is 23.2. The summed E-state index contributed by atoms with van der Waals surface area (Å²) in [7, 11) is 0. The molecule has 5 nitrogen and oxygen atoms in total. The lowest BCUT2D eigenvalue weighted by atomic mass is 9.92. The summed E-state index contributed by atoms with van der Waals surface area (Å²) < 4.78 is 10.5. The van der Waals surface area contributed by atoms with Crippen molar-refractivity contribution >= 4 is 23.6 Å². The predicted octanol–water partition coefficient (Wildman–Crippen LogP) is 5.53. The van der Waals surface area contributed by atoms with E-state index in [4.69, 9.17) is 9.47 Å². The molecule has 30 heavy (non-hydrogen) atoms. The zero-order valence-corrected chi connectivity index (χ0v) is 18.4. The van der Waals surface area contributed by atoms with Crippen LogP contribution in [0.1, 0.15) is 63.1 Å². The van der Waals surface area contributed by atoms with Gasteiger partial charge in [-0.15, -0.1) is 0 Å². The molecular formula is C25H31NO4. The summed E-state index contributed by atoms with van der Waals surface area (Å²) >= 11 is 0. The van der Waals surface area contributed by atoms with Crippen LogP contribution in [-0.2, 0) is 14.3 Å². The second kappa shape index (κ2) is 11.2. The molecular weight excluding hydrogens is 378 g/mol. The normalized spacial score (nSPS) is 11.2. The maximum absolute atomic E-state index is 12.4. The number of carbonyl (C=O) groups is 2. The highest BCUT2D eigenvalue weighted by Crippen LogP contribution is 2.32. The monoisotopic (exact) mass is 409 g/mol. The fourth-order valence-electron chi connectivity index (χ4n) is 3.06. The van der Waals surface area contributed by atoms with Gasteiger partial charge in [0.1, 0.15) is 5.75 Å². The minimum Gasteiger partial charge on any atom is -0.494 e. The van der Waals surface area contributed by atoms with Crippen LogP contribution in [0.3, 0.4) is 0 Å². The Morgan fingerprint density at radius 2 is 1.57 bits per heavy atom. The summed E-state index contributed by atoms with van der Waals surface area (Å²) in [4.78, 5) is 24.4. The third-order valence-corrected chi connectivity index (χ3v) is 4.59. The summed E-state index contributed by atoms with van der Waals surface area (Å²) in [5.74, 6) is 0.376. The van der Waals surface area contributed by atoms with Crippen LogP contribution in [-0.4, -0.2) is 25.1 Å². The third kappa shape index (κ3) is 6.76. The Balaban J connectivity index is 1.95. The van der Waals surface area contributed by atoms with E-state index >= 15 is 0 Å². The lowest BCUT2D eigenvalue weighted by Crippen LogP contribution is -2.22. The highest BCUT2D eigenvalue weighted by molar-refractivity contribution is 5.96. The lowest BCUT2D eigenvalue weighted by molar-refractivity contribution is -0.142. The molecule has 5 heteroatoms.